The molecule has 1 aromatic heterocycles. The maximum atomic E-state index is 11.6. The number of H-pyrrole nitrogens is 1. The van der Waals surface area contributed by atoms with Gasteiger partial charge in [-0.15, -0.1) is 0 Å². The SMILES string of the molecule is CCOC(=O)CCc1c(C(=O)OC)n[nH]c1C(=O)OC. The minimum absolute atomic E-state index is 0.0152. The monoisotopic (exact) mass is 284 g/mol. The maximum Gasteiger partial charge on any atom is 0.358 e. The van der Waals surface area contributed by atoms with Gasteiger partial charge in [0.2, 0.25) is 0 Å². The minimum Gasteiger partial charge on any atom is -0.466 e. The Hall–Kier alpha value is -2.38. The minimum atomic E-state index is -0.699. The highest BCUT2D eigenvalue weighted by atomic mass is 16.5. The quantitative estimate of drug-likeness (QED) is 0.597. The zero-order valence-electron chi connectivity index (χ0n) is 11.5. The number of methoxy groups -OCH3 is 2. The van der Waals surface area contributed by atoms with Crippen LogP contribution in [0.5, 0.6) is 0 Å². The number of esters is 3. The molecule has 0 aliphatic heterocycles. The third kappa shape index (κ3) is 3.56. The number of hydrogen-bond donors (Lipinski definition) is 1. The fraction of sp³-hybridized carbons (Fsp3) is 0.500. The topological polar surface area (TPSA) is 108 Å². The van der Waals surface area contributed by atoms with Gasteiger partial charge < -0.3 is 14.2 Å². The number of nitrogens with one attached hydrogen (secondary N) is 1. The summed E-state index contributed by atoms with van der Waals surface area (Å²) in [6.07, 6.45) is 0.131. The predicted molar refractivity (Wildman–Crippen MR) is 66.2 cm³/mol. The molecule has 0 aromatic carbocycles. The molecular formula is C12H16N2O6. The van der Waals surface area contributed by atoms with Gasteiger partial charge in [0, 0.05) is 12.0 Å². The van der Waals surface area contributed by atoms with Crippen LogP contribution in [-0.4, -0.2) is 48.9 Å². The van der Waals surface area contributed by atoms with Gasteiger partial charge in [-0.05, 0) is 13.3 Å². The van der Waals surface area contributed by atoms with Crippen LogP contribution >= 0.6 is 0 Å². The maximum absolute atomic E-state index is 11.6. The lowest BCUT2D eigenvalue weighted by Gasteiger charge is -2.04. The Morgan fingerprint density at radius 3 is 2.35 bits per heavy atom. The lowest BCUT2D eigenvalue weighted by molar-refractivity contribution is -0.143. The molecule has 0 aliphatic rings. The van der Waals surface area contributed by atoms with Crippen molar-refractivity contribution < 1.29 is 28.6 Å². The summed E-state index contributed by atoms with van der Waals surface area (Å²) in [5, 5.41) is 6.15. The summed E-state index contributed by atoms with van der Waals surface area (Å²) >= 11 is 0. The Bertz CT molecular complexity index is 475. The van der Waals surface area contributed by atoms with Crippen molar-refractivity contribution >= 4 is 17.9 Å². The first-order valence-electron chi connectivity index (χ1n) is 5.94. The Balaban J connectivity index is 2.99. The lowest BCUT2D eigenvalue weighted by atomic mass is 10.1. The molecule has 20 heavy (non-hydrogen) atoms. The Kier molecular flexibility index (Phi) is 5.70. The number of carbonyl (C=O) groups is 3. The Labute approximate surface area is 115 Å². The van der Waals surface area contributed by atoms with Gasteiger partial charge in [0.05, 0.1) is 20.8 Å². The molecule has 0 unspecified atom stereocenters. The van der Waals surface area contributed by atoms with E-state index in [1.54, 1.807) is 6.92 Å². The van der Waals surface area contributed by atoms with E-state index < -0.39 is 17.9 Å². The third-order valence-corrected chi connectivity index (χ3v) is 2.52. The van der Waals surface area contributed by atoms with Gasteiger partial charge in [-0.2, -0.15) is 5.10 Å². The molecule has 0 fully saturated rings. The largest absolute Gasteiger partial charge is 0.466 e. The van der Waals surface area contributed by atoms with E-state index in [0.717, 1.165) is 0 Å². The van der Waals surface area contributed by atoms with Gasteiger partial charge in [-0.3, -0.25) is 9.89 Å². The van der Waals surface area contributed by atoms with Crippen LogP contribution in [0, 0.1) is 0 Å². The van der Waals surface area contributed by atoms with E-state index in [-0.39, 0.29) is 36.4 Å². The molecule has 1 heterocycles. The standard InChI is InChI=1S/C12H16N2O6/c1-4-20-8(15)6-5-7-9(11(16)18-2)13-14-10(7)12(17)19-3/h4-6H2,1-3H3,(H,13,14). The zero-order chi connectivity index (χ0) is 15.1. The van der Waals surface area contributed by atoms with Crippen molar-refractivity contribution in [1.82, 2.24) is 10.2 Å². The van der Waals surface area contributed by atoms with Crippen LogP contribution in [0.25, 0.3) is 0 Å². The van der Waals surface area contributed by atoms with Gasteiger partial charge in [-0.25, -0.2) is 9.59 Å². The number of ether oxygens (including phenoxy) is 3. The van der Waals surface area contributed by atoms with Crippen LogP contribution in [0.3, 0.4) is 0 Å². The molecule has 0 amide bonds. The number of aromatic amines is 1. The van der Waals surface area contributed by atoms with E-state index in [4.69, 9.17) is 4.74 Å². The summed E-state index contributed by atoms with van der Waals surface area (Å²) in [5.74, 6) is -1.80. The first-order valence-corrected chi connectivity index (χ1v) is 5.94. The van der Waals surface area contributed by atoms with Crippen molar-refractivity contribution in [2.24, 2.45) is 0 Å². The lowest BCUT2D eigenvalue weighted by Crippen LogP contribution is -2.12. The summed E-state index contributed by atoms with van der Waals surface area (Å²) in [6.45, 7) is 1.95. The van der Waals surface area contributed by atoms with Gasteiger partial charge in [0.1, 0.15) is 5.69 Å². The molecule has 0 bridgehead atoms. The molecule has 0 radical (unpaired) electrons. The molecular weight excluding hydrogens is 268 g/mol. The molecule has 1 rings (SSSR count). The van der Waals surface area contributed by atoms with Crippen LogP contribution in [0.15, 0.2) is 0 Å². The predicted octanol–water partition coefficient (Wildman–Crippen LogP) is 0.479. The van der Waals surface area contributed by atoms with E-state index in [1.807, 2.05) is 0 Å². The van der Waals surface area contributed by atoms with E-state index in [9.17, 15) is 14.4 Å². The molecule has 1 N–H and O–H groups in total. The molecule has 1 aromatic rings. The second-order valence-electron chi connectivity index (χ2n) is 3.71. The molecule has 8 heteroatoms. The van der Waals surface area contributed by atoms with E-state index >= 15 is 0 Å². The van der Waals surface area contributed by atoms with Crippen LogP contribution in [0.1, 0.15) is 39.9 Å². The van der Waals surface area contributed by atoms with Crippen LogP contribution < -0.4 is 0 Å². The average molecular weight is 284 g/mol. The summed E-state index contributed by atoms with van der Waals surface area (Å²) < 4.78 is 13.9. The van der Waals surface area contributed by atoms with Gasteiger partial charge in [0.25, 0.3) is 0 Å². The van der Waals surface area contributed by atoms with Gasteiger partial charge >= 0.3 is 17.9 Å². The normalized spacial score (nSPS) is 9.95. The fourth-order valence-electron chi connectivity index (χ4n) is 1.61. The van der Waals surface area contributed by atoms with E-state index in [0.29, 0.717) is 0 Å². The molecule has 0 aliphatic carbocycles. The average Bonchev–Trinajstić information content (AvgIpc) is 2.87. The highest BCUT2D eigenvalue weighted by molar-refractivity contribution is 5.95. The highest BCUT2D eigenvalue weighted by Crippen LogP contribution is 2.16. The number of hydrogen-bond acceptors (Lipinski definition) is 7. The molecule has 0 spiro atoms. The Morgan fingerprint density at radius 2 is 1.80 bits per heavy atom. The highest BCUT2D eigenvalue weighted by Gasteiger charge is 2.25. The van der Waals surface area contributed by atoms with Crippen LogP contribution in [0.2, 0.25) is 0 Å². The first-order chi connectivity index (χ1) is 9.54. The summed E-state index contributed by atoms with van der Waals surface area (Å²) in [5.41, 5.74) is 0.256. The third-order valence-electron chi connectivity index (χ3n) is 2.52. The van der Waals surface area contributed by atoms with Crippen molar-refractivity contribution in [1.29, 1.82) is 0 Å². The molecule has 110 valence electrons. The van der Waals surface area contributed by atoms with Crippen molar-refractivity contribution in [3.05, 3.63) is 17.0 Å². The van der Waals surface area contributed by atoms with Crippen LogP contribution in [0.4, 0.5) is 0 Å². The molecule has 0 saturated carbocycles. The van der Waals surface area contributed by atoms with Crippen molar-refractivity contribution in [3.8, 4) is 0 Å². The smallest absolute Gasteiger partial charge is 0.358 e. The van der Waals surface area contributed by atoms with Gasteiger partial charge in [0.15, 0.2) is 5.69 Å². The summed E-state index contributed by atoms with van der Waals surface area (Å²) in [4.78, 5) is 34.5. The second kappa shape index (κ2) is 7.27. The van der Waals surface area contributed by atoms with E-state index in [1.165, 1.54) is 14.2 Å². The molecule has 0 saturated heterocycles. The van der Waals surface area contributed by atoms with Crippen LogP contribution in [-0.2, 0) is 25.4 Å². The fourth-order valence-corrected chi connectivity index (χ4v) is 1.61. The zero-order valence-corrected chi connectivity index (χ0v) is 11.5. The number of aromatic nitrogens is 2. The molecule has 8 nitrogen and oxygen atoms in total. The van der Waals surface area contributed by atoms with Crippen molar-refractivity contribution in [2.75, 3.05) is 20.8 Å². The van der Waals surface area contributed by atoms with Crippen molar-refractivity contribution in [2.45, 2.75) is 19.8 Å². The Morgan fingerprint density at radius 1 is 1.15 bits per heavy atom. The summed E-state index contributed by atoms with van der Waals surface area (Å²) in [6, 6.07) is 0. The van der Waals surface area contributed by atoms with Gasteiger partial charge in [-0.1, -0.05) is 0 Å². The first kappa shape index (κ1) is 15.7. The summed E-state index contributed by atoms with van der Waals surface area (Å²) in [7, 11) is 2.40. The van der Waals surface area contributed by atoms with Crippen molar-refractivity contribution in [3.63, 3.8) is 0 Å². The van der Waals surface area contributed by atoms with E-state index in [2.05, 4.69) is 19.7 Å². The number of nitrogens with zero attached hydrogens (tertiary/aromatic N) is 1. The molecule has 0 atom stereocenters. The second-order valence-corrected chi connectivity index (χ2v) is 3.71. The number of rotatable bonds is 6. The number of carbonyl (C=O) groups excluding carboxylic acids is 3.